The number of nitrogens with one attached hydrogen (secondary N) is 1. The molecule has 23 heavy (non-hydrogen) atoms. The molecule has 0 aromatic heterocycles. The van der Waals surface area contributed by atoms with Gasteiger partial charge in [0.25, 0.3) is 0 Å². The highest BCUT2D eigenvalue weighted by molar-refractivity contribution is 6.31. The van der Waals surface area contributed by atoms with Crippen LogP contribution >= 0.6 is 11.6 Å². The van der Waals surface area contributed by atoms with E-state index in [1.807, 2.05) is 30.3 Å². The topological polar surface area (TPSA) is 32.3 Å². The van der Waals surface area contributed by atoms with Crippen molar-refractivity contribution in [3.63, 3.8) is 0 Å². The molecular formula is C19H21ClN2O. The number of amides is 1. The van der Waals surface area contributed by atoms with Crippen molar-refractivity contribution >= 4 is 17.5 Å². The van der Waals surface area contributed by atoms with Crippen LogP contribution in [0.4, 0.5) is 0 Å². The third kappa shape index (κ3) is 2.57. The molecule has 1 aromatic rings. The number of rotatable bonds is 4. The quantitative estimate of drug-likeness (QED) is 0.915. The van der Waals surface area contributed by atoms with Crippen LogP contribution in [0.5, 0.6) is 0 Å². The van der Waals surface area contributed by atoms with E-state index in [1.54, 1.807) is 0 Å². The second-order valence-electron chi connectivity index (χ2n) is 7.51. The Morgan fingerprint density at radius 2 is 2.04 bits per heavy atom. The Labute approximate surface area is 142 Å². The fourth-order valence-corrected chi connectivity index (χ4v) is 4.70. The zero-order valence-corrected chi connectivity index (χ0v) is 14.1. The predicted molar refractivity (Wildman–Crippen MR) is 91.9 cm³/mol. The summed E-state index contributed by atoms with van der Waals surface area (Å²) in [7, 11) is 0. The van der Waals surface area contributed by atoms with E-state index in [1.165, 1.54) is 19.3 Å². The summed E-state index contributed by atoms with van der Waals surface area (Å²) in [5.74, 6) is -0.0273. The molecule has 3 fully saturated rings. The number of nitrogens with zero attached hydrogens (tertiary/aromatic N) is 1. The molecule has 3 nitrogen and oxygen atoms in total. The van der Waals surface area contributed by atoms with Gasteiger partial charge in [-0.15, -0.1) is 0 Å². The van der Waals surface area contributed by atoms with E-state index in [4.69, 9.17) is 11.6 Å². The van der Waals surface area contributed by atoms with E-state index >= 15 is 0 Å². The normalized spacial score (nSPS) is 31.0. The molecule has 1 N–H and O–H groups in total. The van der Waals surface area contributed by atoms with Crippen molar-refractivity contribution < 1.29 is 4.79 Å². The van der Waals surface area contributed by atoms with Gasteiger partial charge < -0.3 is 10.2 Å². The molecule has 0 radical (unpaired) electrons. The van der Waals surface area contributed by atoms with Crippen LogP contribution in [0.2, 0.25) is 5.02 Å². The van der Waals surface area contributed by atoms with E-state index in [-0.39, 0.29) is 5.91 Å². The average Bonchev–Trinajstić information content (AvgIpc) is 2.46. The van der Waals surface area contributed by atoms with Gasteiger partial charge in [0, 0.05) is 29.0 Å². The Kier molecular flexibility index (Phi) is 3.31. The predicted octanol–water partition coefficient (Wildman–Crippen LogP) is 3.65. The highest BCUT2D eigenvalue weighted by atomic mass is 35.5. The molecule has 0 unspecified atom stereocenters. The van der Waals surface area contributed by atoms with Crippen molar-refractivity contribution in [1.82, 2.24) is 10.2 Å². The molecule has 1 aromatic carbocycles. The summed E-state index contributed by atoms with van der Waals surface area (Å²) in [6.45, 7) is 3.26. The first-order chi connectivity index (χ1) is 11.0. The van der Waals surface area contributed by atoms with Crippen LogP contribution in [0.25, 0.3) is 0 Å². The van der Waals surface area contributed by atoms with Crippen LogP contribution < -0.4 is 5.32 Å². The van der Waals surface area contributed by atoms with Crippen LogP contribution in [0.1, 0.15) is 31.7 Å². The Bertz CT molecular complexity index is 702. The highest BCUT2D eigenvalue weighted by Crippen LogP contribution is 2.69. The lowest BCUT2D eigenvalue weighted by Crippen LogP contribution is -2.72. The Hall–Kier alpha value is -1.74. The molecule has 1 heterocycles. The van der Waals surface area contributed by atoms with Gasteiger partial charge in [-0.2, -0.15) is 0 Å². The number of allylic oxidation sites excluding steroid dienone is 1. The highest BCUT2D eigenvalue weighted by Gasteiger charge is 2.67. The van der Waals surface area contributed by atoms with Gasteiger partial charge in [-0.05, 0) is 48.5 Å². The summed E-state index contributed by atoms with van der Waals surface area (Å²) in [6, 6.07) is 7.47. The summed E-state index contributed by atoms with van der Waals surface area (Å²) in [5, 5.41) is 3.61. The van der Waals surface area contributed by atoms with Crippen LogP contribution in [-0.4, -0.2) is 22.9 Å². The third-order valence-electron chi connectivity index (χ3n) is 5.41. The van der Waals surface area contributed by atoms with Gasteiger partial charge in [-0.1, -0.05) is 36.7 Å². The van der Waals surface area contributed by atoms with Crippen molar-refractivity contribution in [1.29, 1.82) is 0 Å². The molecule has 3 saturated carbocycles. The maximum atomic E-state index is 12.2. The smallest absolute Gasteiger partial charge is 0.228 e. The van der Waals surface area contributed by atoms with Gasteiger partial charge in [-0.3, -0.25) is 4.79 Å². The van der Waals surface area contributed by atoms with E-state index in [0.29, 0.717) is 22.4 Å². The lowest BCUT2D eigenvalue weighted by Gasteiger charge is -2.73. The van der Waals surface area contributed by atoms with E-state index < -0.39 is 0 Å². The van der Waals surface area contributed by atoms with Crippen LogP contribution in [0.15, 0.2) is 48.3 Å². The van der Waals surface area contributed by atoms with Gasteiger partial charge in [0.2, 0.25) is 5.91 Å². The third-order valence-corrected chi connectivity index (χ3v) is 5.78. The molecule has 4 heteroatoms. The first-order valence-corrected chi connectivity index (χ1v) is 8.54. The minimum absolute atomic E-state index is 0.0273. The van der Waals surface area contributed by atoms with Gasteiger partial charge in [0.05, 0.1) is 6.42 Å². The standard InChI is InChI=1S/C19H21ClN2O/c1-18-11-19(12-18,13-18)22-8-6-15(7-9-22)21-17(23)10-14-4-2-3-5-16(14)20/h2-8H,9-13H2,1H3,(H,21,23). The van der Waals surface area contributed by atoms with Crippen LogP contribution in [0, 0.1) is 5.41 Å². The molecule has 1 aliphatic heterocycles. The van der Waals surface area contributed by atoms with Crippen molar-refractivity contribution in [3.05, 3.63) is 58.9 Å². The molecule has 0 atom stereocenters. The van der Waals surface area contributed by atoms with Crippen LogP contribution in [0.3, 0.4) is 0 Å². The lowest BCUT2D eigenvalue weighted by atomic mass is 9.39. The second-order valence-corrected chi connectivity index (χ2v) is 7.92. The van der Waals surface area contributed by atoms with Crippen molar-refractivity contribution in [2.45, 2.75) is 38.1 Å². The van der Waals surface area contributed by atoms with E-state index in [2.05, 4.69) is 29.4 Å². The number of halogens is 1. The molecule has 2 bridgehead atoms. The van der Waals surface area contributed by atoms with Crippen LogP contribution in [-0.2, 0) is 11.2 Å². The zero-order chi connectivity index (χ0) is 16.1. The first-order valence-electron chi connectivity index (χ1n) is 8.17. The fourth-order valence-electron chi connectivity index (χ4n) is 4.49. The molecule has 3 aliphatic carbocycles. The molecule has 120 valence electrons. The lowest BCUT2D eigenvalue weighted by molar-refractivity contribution is -0.191. The Morgan fingerprint density at radius 3 is 2.65 bits per heavy atom. The Balaban J connectivity index is 1.32. The number of carbonyl (C=O) groups is 1. The molecule has 0 saturated heterocycles. The van der Waals surface area contributed by atoms with Crippen molar-refractivity contribution in [3.8, 4) is 0 Å². The first kappa shape index (κ1) is 14.8. The molecule has 1 amide bonds. The summed E-state index contributed by atoms with van der Waals surface area (Å²) in [5.41, 5.74) is 2.77. The monoisotopic (exact) mass is 328 g/mol. The SMILES string of the molecule is CC12CC(N3C=CC(NC(=O)Cc4ccccc4Cl)=CC3)(C1)C2. The molecule has 4 aliphatic rings. The van der Waals surface area contributed by atoms with E-state index in [0.717, 1.165) is 17.8 Å². The number of hydrogen-bond donors (Lipinski definition) is 1. The van der Waals surface area contributed by atoms with E-state index in [9.17, 15) is 4.79 Å². The summed E-state index contributed by atoms with van der Waals surface area (Å²) < 4.78 is 0. The number of benzene rings is 1. The largest absolute Gasteiger partial charge is 0.368 e. The van der Waals surface area contributed by atoms with Gasteiger partial charge in [0.1, 0.15) is 0 Å². The average molecular weight is 329 g/mol. The summed E-state index contributed by atoms with van der Waals surface area (Å²) >= 11 is 6.10. The van der Waals surface area contributed by atoms with Gasteiger partial charge in [-0.25, -0.2) is 0 Å². The maximum Gasteiger partial charge on any atom is 0.228 e. The Morgan fingerprint density at radius 1 is 1.30 bits per heavy atom. The number of hydrogen-bond acceptors (Lipinski definition) is 2. The molecule has 5 rings (SSSR count). The van der Waals surface area contributed by atoms with Crippen molar-refractivity contribution in [2.24, 2.45) is 5.41 Å². The summed E-state index contributed by atoms with van der Waals surface area (Å²) in [6.07, 6.45) is 10.5. The summed E-state index contributed by atoms with van der Waals surface area (Å²) in [4.78, 5) is 14.6. The van der Waals surface area contributed by atoms with Gasteiger partial charge >= 0.3 is 0 Å². The minimum atomic E-state index is -0.0273. The maximum absolute atomic E-state index is 12.2. The fraction of sp³-hybridized carbons (Fsp3) is 0.421. The van der Waals surface area contributed by atoms with Crippen molar-refractivity contribution in [2.75, 3.05) is 6.54 Å². The zero-order valence-electron chi connectivity index (χ0n) is 13.3. The second kappa shape index (κ2) is 5.13. The number of carbonyl (C=O) groups excluding carboxylic acids is 1. The van der Waals surface area contributed by atoms with Gasteiger partial charge in [0.15, 0.2) is 0 Å². The minimum Gasteiger partial charge on any atom is -0.368 e. The molecule has 0 spiro atoms. The molecular weight excluding hydrogens is 308 g/mol.